The summed E-state index contributed by atoms with van der Waals surface area (Å²) in [6.07, 6.45) is 0. The number of aromatic amines is 1. The Morgan fingerprint density at radius 1 is 1.09 bits per heavy atom. The molecule has 10 heteroatoms. The van der Waals surface area contributed by atoms with Gasteiger partial charge in [-0.05, 0) is 50.0 Å². The van der Waals surface area contributed by atoms with Gasteiger partial charge in [-0.25, -0.2) is 12.8 Å². The first-order valence-corrected chi connectivity index (χ1v) is 12.4. The van der Waals surface area contributed by atoms with Crippen molar-refractivity contribution in [2.24, 2.45) is 0 Å². The number of carbonyl (C=O) groups excluding carboxylic acids is 1. The number of likely N-dealkylation sites (N-methyl/N-ethyl adjacent to an activating group) is 1. The van der Waals surface area contributed by atoms with Crippen molar-refractivity contribution in [3.63, 3.8) is 0 Å². The zero-order chi connectivity index (χ0) is 25.0. The number of carbonyl (C=O) groups is 1. The van der Waals surface area contributed by atoms with Crippen molar-refractivity contribution in [3.8, 4) is 0 Å². The lowest BCUT2D eigenvalue weighted by atomic mass is 10.0. The molecule has 0 aliphatic carbocycles. The van der Waals surface area contributed by atoms with Crippen LogP contribution in [0.5, 0.6) is 0 Å². The van der Waals surface area contributed by atoms with E-state index in [1.54, 1.807) is 26.0 Å². The summed E-state index contributed by atoms with van der Waals surface area (Å²) in [6.45, 7) is 4.27. The standard InChI is InChI=1S/C24H29FN4O4S/c1-5-29(6-2)34(32,33)18-10-11-21-19(13-18)20(14-23(30)27-21)24(31)26-15-22(28(3)4)16-8-7-9-17(25)12-16/h7-14,22H,5-6,15H2,1-4H3,(H,26,31)(H,27,30)/t22-/m1/s1. The lowest BCUT2D eigenvalue weighted by Gasteiger charge is -2.25. The first-order chi connectivity index (χ1) is 16.1. The van der Waals surface area contributed by atoms with Crippen molar-refractivity contribution < 1.29 is 17.6 Å². The molecule has 0 spiro atoms. The third kappa shape index (κ3) is 5.35. The highest BCUT2D eigenvalue weighted by molar-refractivity contribution is 7.89. The largest absolute Gasteiger partial charge is 0.350 e. The predicted molar refractivity (Wildman–Crippen MR) is 130 cm³/mol. The Labute approximate surface area is 198 Å². The number of amides is 1. The van der Waals surface area contributed by atoms with Crippen molar-refractivity contribution in [2.45, 2.75) is 24.8 Å². The number of pyridine rings is 1. The monoisotopic (exact) mass is 488 g/mol. The molecular formula is C24H29FN4O4S. The molecule has 0 bridgehead atoms. The van der Waals surface area contributed by atoms with Gasteiger partial charge in [-0.3, -0.25) is 9.59 Å². The zero-order valence-corrected chi connectivity index (χ0v) is 20.4. The van der Waals surface area contributed by atoms with Gasteiger partial charge in [0, 0.05) is 36.6 Å². The van der Waals surface area contributed by atoms with E-state index in [9.17, 15) is 22.4 Å². The summed E-state index contributed by atoms with van der Waals surface area (Å²) in [4.78, 5) is 29.8. The molecule has 3 aromatic rings. The molecule has 0 fully saturated rings. The molecule has 1 heterocycles. The van der Waals surface area contributed by atoms with Gasteiger partial charge in [0.25, 0.3) is 5.91 Å². The Bertz CT molecular complexity index is 1350. The number of nitrogens with one attached hydrogen (secondary N) is 2. The maximum atomic E-state index is 13.7. The fourth-order valence-electron chi connectivity index (χ4n) is 3.89. The number of benzene rings is 2. The average molecular weight is 489 g/mol. The zero-order valence-electron chi connectivity index (χ0n) is 19.6. The number of sulfonamides is 1. The molecule has 3 rings (SSSR count). The summed E-state index contributed by atoms with van der Waals surface area (Å²) < 4.78 is 41.0. The van der Waals surface area contributed by atoms with E-state index in [-0.39, 0.29) is 28.9 Å². The van der Waals surface area contributed by atoms with Crippen molar-refractivity contribution in [1.82, 2.24) is 19.5 Å². The van der Waals surface area contributed by atoms with E-state index >= 15 is 0 Å². The summed E-state index contributed by atoms with van der Waals surface area (Å²) >= 11 is 0. The number of hydrogen-bond acceptors (Lipinski definition) is 5. The van der Waals surface area contributed by atoms with Crippen LogP contribution in [-0.2, 0) is 10.0 Å². The summed E-state index contributed by atoms with van der Waals surface area (Å²) in [5, 5.41) is 3.12. The van der Waals surface area contributed by atoms with Crippen LogP contribution in [0, 0.1) is 5.82 Å². The van der Waals surface area contributed by atoms with Crippen molar-refractivity contribution in [3.05, 3.63) is 75.8 Å². The molecule has 8 nitrogen and oxygen atoms in total. The van der Waals surface area contributed by atoms with Gasteiger partial charge < -0.3 is 15.2 Å². The number of H-pyrrole nitrogens is 1. The highest BCUT2D eigenvalue weighted by Crippen LogP contribution is 2.23. The van der Waals surface area contributed by atoms with Crippen LogP contribution in [-0.4, -0.2) is 62.2 Å². The van der Waals surface area contributed by atoms with Crippen LogP contribution in [0.25, 0.3) is 10.9 Å². The molecule has 34 heavy (non-hydrogen) atoms. The van der Waals surface area contributed by atoms with Gasteiger partial charge in [0.15, 0.2) is 0 Å². The van der Waals surface area contributed by atoms with E-state index < -0.39 is 21.5 Å². The Morgan fingerprint density at radius 2 is 1.79 bits per heavy atom. The van der Waals surface area contributed by atoms with Gasteiger partial charge in [-0.1, -0.05) is 26.0 Å². The third-order valence-electron chi connectivity index (χ3n) is 5.72. The number of aromatic nitrogens is 1. The molecule has 1 atom stereocenters. The van der Waals surface area contributed by atoms with Crippen LogP contribution < -0.4 is 10.9 Å². The van der Waals surface area contributed by atoms with Gasteiger partial charge >= 0.3 is 0 Å². The predicted octanol–water partition coefficient (Wildman–Crippen LogP) is 2.73. The van der Waals surface area contributed by atoms with Crippen LogP contribution in [0.1, 0.15) is 35.8 Å². The smallest absolute Gasteiger partial charge is 0.252 e. The highest BCUT2D eigenvalue weighted by atomic mass is 32.2. The van der Waals surface area contributed by atoms with Gasteiger partial charge in [-0.15, -0.1) is 0 Å². The van der Waals surface area contributed by atoms with Gasteiger partial charge in [-0.2, -0.15) is 4.31 Å². The molecule has 0 saturated heterocycles. The molecule has 0 saturated carbocycles. The second-order valence-electron chi connectivity index (χ2n) is 8.09. The first kappa shape index (κ1) is 25.5. The molecule has 0 aliphatic rings. The molecule has 0 unspecified atom stereocenters. The molecule has 0 aliphatic heterocycles. The van der Waals surface area contributed by atoms with Gasteiger partial charge in [0.05, 0.1) is 16.5 Å². The lowest BCUT2D eigenvalue weighted by Crippen LogP contribution is -2.35. The van der Waals surface area contributed by atoms with Crippen LogP contribution in [0.4, 0.5) is 4.39 Å². The number of nitrogens with zero attached hydrogens (tertiary/aromatic N) is 2. The van der Waals surface area contributed by atoms with E-state index in [1.165, 1.54) is 34.6 Å². The molecule has 1 amide bonds. The molecule has 2 N–H and O–H groups in total. The van der Waals surface area contributed by atoms with Crippen LogP contribution in [0.15, 0.2) is 58.2 Å². The molecular weight excluding hydrogens is 459 g/mol. The van der Waals surface area contributed by atoms with E-state index in [4.69, 9.17) is 0 Å². The topological polar surface area (TPSA) is 103 Å². The number of hydrogen-bond donors (Lipinski definition) is 2. The molecule has 2 aromatic carbocycles. The first-order valence-electron chi connectivity index (χ1n) is 11.0. The molecule has 182 valence electrons. The van der Waals surface area contributed by atoms with E-state index in [1.807, 2.05) is 19.0 Å². The second-order valence-corrected chi connectivity index (χ2v) is 10.0. The number of fused-ring (bicyclic) bond motifs is 1. The second kappa shape index (κ2) is 10.5. The Kier molecular flexibility index (Phi) is 7.86. The third-order valence-corrected chi connectivity index (χ3v) is 7.76. The number of rotatable bonds is 9. The minimum absolute atomic E-state index is 0.0377. The Balaban J connectivity index is 1.98. The Morgan fingerprint density at radius 3 is 2.41 bits per heavy atom. The number of halogens is 1. The molecule has 0 radical (unpaired) electrons. The Hall–Kier alpha value is -3.08. The summed E-state index contributed by atoms with van der Waals surface area (Å²) in [6, 6.07) is 11.3. The lowest BCUT2D eigenvalue weighted by molar-refractivity contribution is 0.0943. The summed E-state index contributed by atoms with van der Waals surface area (Å²) in [7, 11) is -0.127. The minimum atomic E-state index is -3.75. The quantitative estimate of drug-likeness (QED) is 0.482. The van der Waals surface area contributed by atoms with E-state index in [0.717, 1.165) is 6.07 Å². The van der Waals surface area contributed by atoms with E-state index in [2.05, 4.69) is 10.3 Å². The maximum absolute atomic E-state index is 13.7. The van der Waals surface area contributed by atoms with E-state index in [0.29, 0.717) is 29.6 Å². The van der Waals surface area contributed by atoms with Crippen LogP contribution >= 0.6 is 0 Å². The normalized spacial score (nSPS) is 12.9. The minimum Gasteiger partial charge on any atom is -0.350 e. The van der Waals surface area contributed by atoms with Crippen LogP contribution in [0.3, 0.4) is 0 Å². The van der Waals surface area contributed by atoms with Gasteiger partial charge in [0.2, 0.25) is 15.6 Å². The fourth-order valence-corrected chi connectivity index (χ4v) is 5.38. The summed E-state index contributed by atoms with van der Waals surface area (Å²) in [5.41, 5.74) is 0.623. The fraction of sp³-hybridized carbons (Fsp3) is 0.333. The molecule has 1 aromatic heterocycles. The van der Waals surface area contributed by atoms with Gasteiger partial charge in [0.1, 0.15) is 5.82 Å². The average Bonchev–Trinajstić information content (AvgIpc) is 2.78. The van der Waals surface area contributed by atoms with Crippen molar-refractivity contribution in [2.75, 3.05) is 33.7 Å². The maximum Gasteiger partial charge on any atom is 0.252 e. The van der Waals surface area contributed by atoms with Crippen LogP contribution in [0.2, 0.25) is 0 Å². The van der Waals surface area contributed by atoms with Crippen molar-refractivity contribution in [1.29, 1.82) is 0 Å². The highest BCUT2D eigenvalue weighted by Gasteiger charge is 2.23. The SMILES string of the molecule is CCN(CC)S(=O)(=O)c1ccc2[nH]c(=O)cc(C(=O)NC[C@H](c3cccc(F)c3)N(C)C)c2c1. The van der Waals surface area contributed by atoms with Crippen molar-refractivity contribution >= 4 is 26.8 Å². The summed E-state index contributed by atoms with van der Waals surface area (Å²) in [5.74, 6) is -0.907.